The van der Waals surface area contributed by atoms with Crippen molar-refractivity contribution in [2.75, 3.05) is 12.4 Å². The topological polar surface area (TPSA) is 148 Å². The van der Waals surface area contributed by atoms with Crippen LogP contribution in [0.1, 0.15) is 19.4 Å². The average Bonchev–Trinajstić information content (AvgIpc) is 3.17. The number of urea groups is 1. The van der Waals surface area contributed by atoms with E-state index in [0.717, 1.165) is 5.56 Å². The molecule has 3 atom stereocenters. The quantitative estimate of drug-likeness (QED) is 0.294. The highest BCUT2D eigenvalue weighted by Crippen LogP contribution is 2.43. The summed E-state index contributed by atoms with van der Waals surface area (Å²) in [5.74, 6) is -1.20. The fraction of sp³-hybridized carbons (Fsp3) is 0.391. The number of amides is 2. The van der Waals surface area contributed by atoms with Crippen molar-refractivity contribution < 1.29 is 28.2 Å². The smallest absolute Gasteiger partial charge is 0.322 e. The number of thioether (sulfide) groups is 1. The van der Waals surface area contributed by atoms with Gasteiger partial charge in [-0.05, 0) is 31.5 Å². The number of aliphatic carboxylic acids is 1. The number of carboxylic acids is 1. The molecule has 1 unspecified atom stereocenters. The number of hydrogen-bond donors (Lipinski definition) is 5. The van der Waals surface area contributed by atoms with Crippen LogP contribution in [0.4, 0.5) is 4.79 Å². The van der Waals surface area contributed by atoms with E-state index in [1.165, 1.54) is 28.2 Å². The molecule has 0 spiro atoms. The highest BCUT2D eigenvalue weighted by Gasteiger charge is 2.51. The zero-order chi connectivity index (χ0) is 25.6. The van der Waals surface area contributed by atoms with E-state index in [1.807, 2.05) is 30.3 Å². The molecule has 5 N–H and O–H groups in total. The second kappa shape index (κ2) is 11.4. The van der Waals surface area contributed by atoms with Gasteiger partial charge >= 0.3 is 12.0 Å². The van der Waals surface area contributed by atoms with Gasteiger partial charge in [-0.25, -0.2) is 13.2 Å². The van der Waals surface area contributed by atoms with Crippen molar-refractivity contribution in [2.24, 2.45) is 0 Å². The molecule has 0 saturated carbocycles. The maximum atomic E-state index is 13.3. The van der Waals surface area contributed by atoms with Crippen LogP contribution in [0.3, 0.4) is 0 Å². The Morgan fingerprint density at radius 1 is 1.09 bits per heavy atom. The predicted octanol–water partition coefficient (Wildman–Crippen LogP) is 1.39. The van der Waals surface area contributed by atoms with Crippen molar-refractivity contribution >= 4 is 33.8 Å². The van der Waals surface area contributed by atoms with Gasteiger partial charge in [0.1, 0.15) is 12.3 Å². The van der Waals surface area contributed by atoms with E-state index in [2.05, 4.69) is 16.0 Å². The van der Waals surface area contributed by atoms with Crippen molar-refractivity contribution in [3.05, 3.63) is 66.2 Å². The number of aliphatic hydroxyl groups excluding tert-OH is 1. The molecule has 2 amide bonds. The normalized spacial score (nSPS) is 19.6. The monoisotopic (exact) mass is 522 g/mol. The number of nitrogens with zero attached hydrogens (tertiary/aromatic N) is 1. The average molecular weight is 523 g/mol. The lowest BCUT2D eigenvalue weighted by atomic mass is 10.0. The minimum absolute atomic E-state index is 0.0852. The highest BCUT2D eigenvalue weighted by atomic mass is 32.2. The van der Waals surface area contributed by atoms with Crippen molar-refractivity contribution in [3.63, 3.8) is 0 Å². The number of carboxylic acid groups (broad SMARTS) is 1. The molecule has 0 aliphatic carbocycles. The third kappa shape index (κ3) is 6.73. The lowest BCUT2D eigenvalue weighted by Crippen LogP contribution is -2.60. The van der Waals surface area contributed by atoms with Gasteiger partial charge in [-0.15, -0.1) is 11.8 Å². The summed E-state index contributed by atoms with van der Waals surface area (Å²) >= 11 is 1.34. The molecule has 1 aliphatic rings. The molecule has 1 heterocycles. The summed E-state index contributed by atoms with van der Waals surface area (Å²) in [7, 11) is -3.93. The summed E-state index contributed by atoms with van der Waals surface area (Å²) in [5.41, 5.74) is 0.881. The van der Waals surface area contributed by atoms with E-state index in [1.54, 1.807) is 32.0 Å². The fourth-order valence-electron chi connectivity index (χ4n) is 3.78. The van der Waals surface area contributed by atoms with Gasteiger partial charge in [0.15, 0.2) is 0 Å². The number of carbonyl (C=O) groups excluding carboxylic acids is 1. The summed E-state index contributed by atoms with van der Waals surface area (Å²) in [4.78, 5) is 24.0. The SMILES string of the molecule is CC1(C)SCN(S(=O)(=O)c2ccccc2)[C@@H]1C(O)N[C@@H](CNC(=O)NCc1ccccc1)C(=O)O. The summed E-state index contributed by atoms with van der Waals surface area (Å²) in [6.07, 6.45) is -1.51. The Morgan fingerprint density at radius 2 is 1.69 bits per heavy atom. The Bertz CT molecular complexity index is 1120. The summed E-state index contributed by atoms with van der Waals surface area (Å²) in [6, 6.07) is 14.2. The van der Waals surface area contributed by atoms with E-state index >= 15 is 0 Å². The van der Waals surface area contributed by atoms with Crippen LogP contribution in [0, 0.1) is 0 Å². The van der Waals surface area contributed by atoms with E-state index in [0.29, 0.717) is 0 Å². The molecule has 12 heteroatoms. The van der Waals surface area contributed by atoms with Crippen LogP contribution in [0.15, 0.2) is 65.6 Å². The molecule has 1 aliphatic heterocycles. The second-order valence-corrected chi connectivity index (χ2v) is 12.1. The molecule has 190 valence electrons. The van der Waals surface area contributed by atoms with Crippen LogP contribution in [0.5, 0.6) is 0 Å². The number of sulfonamides is 1. The first kappa shape index (κ1) is 27.0. The van der Waals surface area contributed by atoms with Gasteiger partial charge in [-0.3, -0.25) is 10.1 Å². The zero-order valence-electron chi connectivity index (χ0n) is 19.4. The first-order chi connectivity index (χ1) is 16.5. The molecule has 1 saturated heterocycles. The van der Waals surface area contributed by atoms with Crippen LogP contribution < -0.4 is 16.0 Å². The van der Waals surface area contributed by atoms with Crippen molar-refractivity contribution in [2.45, 2.75) is 48.3 Å². The highest BCUT2D eigenvalue weighted by molar-refractivity contribution is 8.02. The first-order valence-electron chi connectivity index (χ1n) is 11.0. The van der Waals surface area contributed by atoms with E-state index in [9.17, 15) is 28.2 Å². The molecule has 2 aromatic carbocycles. The molecule has 0 aromatic heterocycles. The molecular formula is C23H30N4O6S2. The lowest BCUT2D eigenvalue weighted by molar-refractivity contribution is -0.140. The Labute approximate surface area is 209 Å². The predicted molar refractivity (Wildman–Crippen MR) is 133 cm³/mol. The van der Waals surface area contributed by atoms with Crippen LogP contribution in [-0.4, -0.2) is 70.4 Å². The molecule has 0 bridgehead atoms. The summed E-state index contributed by atoms with van der Waals surface area (Å²) in [5, 5.41) is 28.3. The third-order valence-corrected chi connectivity index (χ3v) is 9.07. The number of hydrogen-bond acceptors (Lipinski definition) is 7. The van der Waals surface area contributed by atoms with Crippen LogP contribution >= 0.6 is 11.8 Å². The van der Waals surface area contributed by atoms with E-state index in [-0.39, 0.29) is 23.9 Å². The van der Waals surface area contributed by atoms with E-state index < -0.39 is 45.1 Å². The van der Waals surface area contributed by atoms with Crippen LogP contribution in [0.2, 0.25) is 0 Å². The Morgan fingerprint density at radius 3 is 2.29 bits per heavy atom. The summed E-state index contributed by atoms with van der Waals surface area (Å²) in [6.45, 7) is 3.52. The van der Waals surface area contributed by atoms with Crippen LogP contribution in [0.25, 0.3) is 0 Å². The number of aliphatic hydroxyl groups is 1. The van der Waals surface area contributed by atoms with Gasteiger partial charge < -0.3 is 20.8 Å². The summed E-state index contributed by atoms with van der Waals surface area (Å²) < 4.78 is 27.0. The fourth-order valence-corrected chi connectivity index (χ4v) is 7.05. The van der Waals surface area contributed by atoms with Crippen molar-refractivity contribution in [3.8, 4) is 0 Å². The third-order valence-electron chi connectivity index (χ3n) is 5.67. The van der Waals surface area contributed by atoms with Gasteiger partial charge in [0.25, 0.3) is 0 Å². The van der Waals surface area contributed by atoms with E-state index in [4.69, 9.17) is 0 Å². The Hall–Kier alpha value is -2.64. The van der Waals surface area contributed by atoms with Crippen molar-refractivity contribution in [1.82, 2.24) is 20.3 Å². The maximum Gasteiger partial charge on any atom is 0.322 e. The number of nitrogens with one attached hydrogen (secondary N) is 3. The lowest BCUT2D eigenvalue weighted by Gasteiger charge is -2.36. The second-order valence-electron chi connectivity index (χ2n) is 8.58. The molecule has 0 radical (unpaired) electrons. The number of rotatable bonds is 10. The number of carbonyl (C=O) groups is 2. The van der Waals surface area contributed by atoms with Gasteiger partial charge in [-0.1, -0.05) is 48.5 Å². The largest absolute Gasteiger partial charge is 0.480 e. The molecule has 2 aromatic rings. The molecule has 3 rings (SSSR count). The Balaban J connectivity index is 1.66. The molecule has 10 nitrogen and oxygen atoms in total. The minimum Gasteiger partial charge on any atom is -0.480 e. The first-order valence-corrected chi connectivity index (χ1v) is 13.4. The van der Waals surface area contributed by atoms with Gasteiger partial charge in [0, 0.05) is 17.8 Å². The van der Waals surface area contributed by atoms with Gasteiger partial charge in [0.05, 0.1) is 16.8 Å². The van der Waals surface area contributed by atoms with Gasteiger partial charge in [-0.2, -0.15) is 4.31 Å². The number of benzene rings is 2. The molecule has 35 heavy (non-hydrogen) atoms. The molecular weight excluding hydrogens is 492 g/mol. The molecule has 1 fully saturated rings. The van der Waals surface area contributed by atoms with Gasteiger partial charge in [0.2, 0.25) is 10.0 Å². The van der Waals surface area contributed by atoms with Crippen molar-refractivity contribution in [1.29, 1.82) is 0 Å². The minimum atomic E-state index is -3.93. The van der Waals surface area contributed by atoms with Crippen LogP contribution in [-0.2, 0) is 21.4 Å². The maximum absolute atomic E-state index is 13.3. The Kier molecular flexibility index (Phi) is 8.78. The standard InChI is InChI=1S/C23H30N4O6S2/c1-23(2)19(27(15-34-23)35(32,33)17-11-7-4-8-12-17)20(28)26-18(21(29)30)14-25-22(31)24-13-16-9-5-3-6-10-16/h3-12,18-20,26,28H,13-15H2,1-2H3,(H,29,30)(H2,24,25,31)/t18-,19+,20?/m0/s1. The zero-order valence-corrected chi connectivity index (χ0v) is 21.1.